The first-order valence-corrected chi connectivity index (χ1v) is 13.6. The Bertz CT molecular complexity index is 1490. The summed E-state index contributed by atoms with van der Waals surface area (Å²) in [5.74, 6) is 1.30. The molecule has 14 heteroatoms. The Labute approximate surface area is 261 Å². The lowest BCUT2D eigenvalue weighted by molar-refractivity contribution is 0.127. The maximum atomic E-state index is 14.5. The number of piperidine rings is 1. The highest BCUT2D eigenvalue weighted by Gasteiger charge is 2.32. The number of fused-ring (bicyclic) bond motifs is 3. The first kappa shape index (κ1) is 33.8. The summed E-state index contributed by atoms with van der Waals surface area (Å²) >= 11 is 0. The monoisotopic (exact) mass is 645 g/mol. The summed E-state index contributed by atoms with van der Waals surface area (Å²) in [4.78, 5) is 16.1. The van der Waals surface area contributed by atoms with Gasteiger partial charge in [0, 0.05) is 50.0 Å². The summed E-state index contributed by atoms with van der Waals surface area (Å²) in [6.07, 6.45) is 2.26. The second kappa shape index (κ2) is 13.7. The van der Waals surface area contributed by atoms with Gasteiger partial charge < -0.3 is 24.5 Å². The van der Waals surface area contributed by atoms with Gasteiger partial charge in [0.25, 0.3) is 0 Å². The molecule has 0 bridgehead atoms. The molecule has 0 radical (unpaired) electrons. The van der Waals surface area contributed by atoms with Crippen LogP contribution in [0.3, 0.4) is 0 Å². The quantitative estimate of drug-likeness (QED) is 0.279. The minimum absolute atomic E-state index is 0. The molecule has 3 atom stereocenters. The topological polar surface area (TPSA) is 108 Å². The average Bonchev–Trinajstić information content (AvgIpc) is 3.55. The van der Waals surface area contributed by atoms with Crippen molar-refractivity contribution in [2.24, 2.45) is 11.7 Å². The van der Waals surface area contributed by atoms with Crippen molar-refractivity contribution < 1.29 is 18.0 Å². The Hall–Kier alpha value is -2.73. The molecule has 6 rings (SSSR count). The van der Waals surface area contributed by atoms with E-state index in [0.717, 1.165) is 55.2 Å². The SMILES string of the molecule is CC(C)c1noc(N2CCC([C@H](C)Oc3ccc4c(n3)nc3n4C[C@H](N)[C@@H](c4cc(F)ccc4F)C3)CC2)n1.Cl.Cl.Cl. The largest absolute Gasteiger partial charge is 0.474 e. The molecule has 1 aromatic carbocycles. The lowest BCUT2D eigenvalue weighted by Gasteiger charge is -2.33. The highest BCUT2D eigenvalue weighted by Crippen LogP contribution is 2.34. The van der Waals surface area contributed by atoms with Gasteiger partial charge in [0.15, 0.2) is 11.5 Å². The highest BCUT2D eigenvalue weighted by molar-refractivity contribution is 5.86. The molecule has 1 saturated heterocycles. The van der Waals surface area contributed by atoms with Crippen LogP contribution in [-0.2, 0) is 13.0 Å². The van der Waals surface area contributed by atoms with E-state index in [-0.39, 0.29) is 66.8 Å². The van der Waals surface area contributed by atoms with Crippen molar-refractivity contribution in [3.05, 3.63) is 59.2 Å². The van der Waals surface area contributed by atoms with E-state index < -0.39 is 11.6 Å². The smallest absolute Gasteiger partial charge is 0.324 e. The van der Waals surface area contributed by atoms with E-state index in [1.165, 1.54) is 6.07 Å². The summed E-state index contributed by atoms with van der Waals surface area (Å²) in [6.45, 7) is 8.26. The summed E-state index contributed by atoms with van der Waals surface area (Å²) < 4.78 is 42.1. The van der Waals surface area contributed by atoms with Crippen LogP contribution in [-0.4, -0.2) is 49.9 Å². The van der Waals surface area contributed by atoms with E-state index in [0.29, 0.717) is 36.4 Å². The number of nitrogens with zero attached hydrogens (tertiary/aromatic N) is 6. The van der Waals surface area contributed by atoms with E-state index in [9.17, 15) is 8.78 Å². The summed E-state index contributed by atoms with van der Waals surface area (Å²) in [5.41, 5.74) is 8.14. The number of imidazole rings is 1. The third kappa shape index (κ3) is 6.59. The molecule has 230 valence electrons. The molecule has 4 aromatic rings. The number of benzene rings is 1. The van der Waals surface area contributed by atoms with Gasteiger partial charge in [0.05, 0.1) is 5.52 Å². The molecule has 2 aliphatic rings. The van der Waals surface area contributed by atoms with Gasteiger partial charge in [0.1, 0.15) is 23.6 Å². The third-order valence-electron chi connectivity index (χ3n) is 8.06. The van der Waals surface area contributed by atoms with Gasteiger partial charge in [-0.25, -0.2) is 13.8 Å². The summed E-state index contributed by atoms with van der Waals surface area (Å²) in [5, 5.41) is 4.07. The molecule has 0 aliphatic carbocycles. The molecule has 0 saturated carbocycles. The zero-order chi connectivity index (χ0) is 27.3. The number of ether oxygens (including phenoxy) is 1. The minimum Gasteiger partial charge on any atom is -0.474 e. The van der Waals surface area contributed by atoms with Gasteiger partial charge in [-0.1, -0.05) is 19.0 Å². The Balaban J connectivity index is 0.00000161. The van der Waals surface area contributed by atoms with E-state index in [2.05, 4.69) is 26.9 Å². The second-order valence-electron chi connectivity index (χ2n) is 11.0. The van der Waals surface area contributed by atoms with Crippen LogP contribution in [0.2, 0.25) is 0 Å². The zero-order valence-corrected chi connectivity index (χ0v) is 26.0. The molecular formula is C28H36Cl3F2N7O2. The Morgan fingerprint density at radius 1 is 1.00 bits per heavy atom. The fourth-order valence-electron chi connectivity index (χ4n) is 5.73. The van der Waals surface area contributed by atoms with Crippen LogP contribution in [0.15, 0.2) is 34.9 Å². The van der Waals surface area contributed by atoms with E-state index in [4.69, 9.17) is 20.0 Å². The van der Waals surface area contributed by atoms with Crippen LogP contribution in [0.4, 0.5) is 14.8 Å². The number of hydrogen-bond donors (Lipinski definition) is 1. The maximum absolute atomic E-state index is 14.5. The molecular weight excluding hydrogens is 611 g/mol. The van der Waals surface area contributed by atoms with Crippen LogP contribution >= 0.6 is 37.2 Å². The fourth-order valence-corrected chi connectivity index (χ4v) is 5.73. The molecule has 9 nitrogen and oxygen atoms in total. The number of halogens is 5. The van der Waals surface area contributed by atoms with Crippen LogP contribution in [0.25, 0.3) is 11.2 Å². The van der Waals surface area contributed by atoms with Crippen LogP contribution in [0.5, 0.6) is 5.88 Å². The molecule has 3 aromatic heterocycles. The highest BCUT2D eigenvalue weighted by atomic mass is 35.5. The molecule has 0 unspecified atom stereocenters. The second-order valence-corrected chi connectivity index (χ2v) is 11.0. The van der Waals surface area contributed by atoms with Gasteiger partial charge in [-0.15, -0.1) is 37.2 Å². The molecule has 5 heterocycles. The Morgan fingerprint density at radius 3 is 2.43 bits per heavy atom. The predicted molar refractivity (Wildman–Crippen MR) is 163 cm³/mol. The van der Waals surface area contributed by atoms with Crippen molar-refractivity contribution >= 4 is 54.4 Å². The van der Waals surface area contributed by atoms with Crippen molar-refractivity contribution in [2.45, 2.75) is 70.6 Å². The van der Waals surface area contributed by atoms with Gasteiger partial charge in [-0.05, 0) is 55.5 Å². The average molecular weight is 647 g/mol. The Kier molecular flexibility index (Phi) is 11.0. The van der Waals surface area contributed by atoms with Crippen molar-refractivity contribution in [1.82, 2.24) is 24.7 Å². The number of aromatic nitrogens is 5. The first-order valence-electron chi connectivity index (χ1n) is 13.6. The molecule has 0 amide bonds. The van der Waals surface area contributed by atoms with Gasteiger partial charge in [-0.3, -0.25) is 0 Å². The van der Waals surface area contributed by atoms with E-state index in [1.807, 2.05) is 30.5 Å². The van der Waals surface area contributed by atoms with Crippen molar-refractivity contribution in [3.8, 4) is 5.88 Å². The number of hydrogen-bond acceptors (Lipinski definition) is 8. The molecule has 42 heavy (non-hydrogen) atoms. The van der Waals surface area contributed by atoms with E-state index >= 15 is 0 Å². The predicted octanol–water partition coefficient (Wildman–Crippen LogP) is 5.83. The maximum Gasteiger partial charge on any atom is 0.324 e. The van der Waals surface area contributed by atoms with Crippen molar-refractivity contribution in [2.75, 3.05) is 18.0 Å². The molecule has 2 N–H and O–H groups in total. The number of rotatable bonds is 6. The van der Waals surface area contributed by atoms with Gasteiger partial charge >= 0.3 is 6.01 Å². The van der Waals surface area contributed by atoms with Crippen molar-refractivity contribution in [1.29, 1.82) is 0 Å². The normalized spacial score (nSPS) is 19.5. The number of pyridine rings is 1. The number of anilines is 1. The van der Waals surface area contributed by atoms with Crippen LogP contribution < -0.4 is 15.4 Å². The Morgan fingerprint density at radius 2 is 1.74 bits per heavy atom. The van der Waals surface area contributed by atoms with Crippen LogP contribution in [0.1, 0.15) is 62.7 Å². The minimum atomic E-state index is -0.476. The summed E-state index contributed by atoms with van der Waals surface area (Å²) in [6, 6.07) is 7.52. The lowest BCUT2D eigenvalue weighted by Crippen LogP contribution is -2.39. The van der Waals surface area contributed by atoms with Gasteiger partial charge in [-0.2, -0.15) is 9.97 Å². The number of nitrogens with two attached hydrogens (primary N) is 1. The van der Waals surface area contributed by atoms with Gasteiger partial charge in [0.2, 0.25) is 5.88 Å². The van der Waals surface area contributed by atoms with Crippen LogP contribution in [0, 0.1) is 17.6 Å². The third-order valence-corrected chi connectivity index (χ3v) is 8.06. The fraction of sp³-hybridized carbons (Fsp3) is 0.500. The standard InChI is InChI=1S/C28H33F2N7O2.3ClH/c1-15(2)26-34-28(39-35-26)36-10-8-17(9-11-36)16(3)38-25-7-6-23-27(33-25)32-24-13-20(22(31)14-37(23)24)19-12-18(29)4-5-21(19)30;;;/h4-7,12,15-17,20,22H,8-11,13-14,31H2,1-3H3;3*1H/t16-,20+,22-;;;/m0.../s1. The zero-order valence-electron chi connectivity index (χ0n) is 23.6. The lowest BCUT2D eigenvalue weighted by atomic mass is 9.86. The van der Waals surface area contributed by atoms with E-state index in [1.54, 1.807) is 0 Å². The molecule has 0 spiro atoms. The summed E-state index contributed by atoms with van der Waals surface area (Å²) in [7, 11) is 0. The first-order chi connectivity index (χ1) is 18.8. The molecule has 2 aliphatic heterocycles. The molecule has 1 fully saturated rings. The van der Waals surface area contributed by atoms with Crippen molar-refractivity contribution in [3.63, 3.8) is 0 Å².